The molecule has 1 amide bonds. The number of halogens is 2. The van der Waals surface area contributed by atoms with Crippen LogP contribution < -0.4 is 5.32 Å². The van der Waals surface area contributed by atoms with Crippen LogP contribution in [0.25, 0.3) is 0 Å². The molecule has 2 rings (SSSR count). The van der Waals surface area contributed by atoms with Crippen LogP contribution in [-0.4, -0.2) is 40.3 Å². The van der Waals surface area contributed by atoms with Gasteiger partial charge in [-0.3, -0.25) is 0 Å². The maximum atomic E-state index is 13.8. The van der Waals surface area contributed by atoms with E-state index < -0.39 is 30.1 Å². The summed E-state index contributed by atoms with van der Waals surface area (Å²) in [5.74, 6) is -6.92. The van der Waals surface area contributed by atoms with Crippen molar-refractivity contribution in [1.29, 1.82) is 0 Å². The summed E-state index contributed by atoms with van der Waals surface area (Å²) >= 11 is 0. The minimum Gasteiger partial charge on any atom is -0.477 e. The molecule has 0 saturated heterocycles. The fourth-order valence-corrected chi connectivity index (χ4v) is 2.40. The van der Waals surface area contributed by atoms with Crippen molar-refractivity contribution in [2.45, 2.75) is 31.1 Å². The average Bonchev–Trinajstić information content (AvgIpc) is 2.66. The summed E-state index contributed by atoms with van der Waals surface area (Å²) in [6, 6.07) is 15.4. The first kappa shape index (κ1) is 20.3. The lowest BCUT2D eigenvalue weighted by Gasteiger charge is -2.27. The number of rotatable bonds is 8. The second-order valence-corrected chi connectivity index (χ2v) is 5.88. The number of hydrogen-bond acceptors (Lipinski definition) is 4. The number of aliphatic hydroxyl groups excluding tert-OH is 1. The number of carboxylic acid groups (broad SMARTS) is 1. The number of ether oxygens (including phenoxy) is 1. The van der Waals surface area contributed by atoms with E-state index >= 15 is 0 Å². The number of alkyl carbamates (subject to hydrolysis) is 1. The minimum atomic E-state index is -4.44. The highest BCUT2D eigenvalue weighted by Gasteiger charge is 2.50. The van der Waals surface area contributed by atoms with E-state index in [1.807, 2.05) is 0 Å². The highest BCUT2D eigenvalue weighted by atomic mass is 19.3. The quantitative estimate of drug-likeness (QED) is 0.655. The number of carbonyl (C=O) groups excluding carboxylic acids is 1. The summed E-state index contributed by atoms with van der Waals surface area (Å²) in [5, 5.41) is 20.7. The van der Waals surface area contributed by atoms with Crippen molar-refractivity contribution in [3.63, 3.8) is 0 Å². The van der Waals surface area contributed by atoms with Crippen molar-refractivity contribution in [2.75, 3.05) is 0 Å². The standard InChI is InChI=1S/C19H19F2NO5/c20-19(21,17(24)25)16(23)15(11-13-7-3-1-4-8-13)22-18(26)27-12-14-9-5-2-6-10-14/h1-10,15-16,23H,11-12H2,(H,22,26)(H,24,25)/t15-,16-/m1/s1. The summed E-state index contributed by atoms with van der Waals surface area (Å²) in [4.78, 5) is 22.7. The zero-order valence-corrected chi connectivity index (χ0v) is 14.2. The number of benzene rings is 2. The molecule has 2 aromatic carbocycles. The molecule has 0 fully saturated rings. The van der Waals surface area contributed by atoms with Gasteiger partial charge in [0.05, 0.1) is 6.04 Å². The fourth-order valence-electron chi connectivity index (χ4n) is 2.40. The van der Waals surface area contributed by atoms with Crippen molar-refractivity contribution in [2.24, 2.45) is 0 Å². The second-order valence-electron chi connectivity index (χ2n) is 5.88. The number of aliphatic carboxylic acids is 1. The van der Waals surface area contributed by atoms with Crippen LogP contribution in [-0.2, 0) is 22.6 Å². The van der Waals surface area contributed by atoms with Gasteiger partial charge in [0.15, 0.2) is 0 Å². The average molecular weight is 379 g/mol. The molecule has 2 atom stereocenters. The van der Waals surface area contributed by atoms with E-state index in [-0.39, 0.29) is 13.0 Å². The predicted octanol–water partition coefficient (Wildman–Crippen LogP) is 2.60. The van der Waals surface area contributed by atoms with E-state index in [2.05, 4.69) is 5.32 Å². The van der Waals surface area contributed by atoms with Crippen LogP contribution in [0.5, 0.6) is 0 Å². The number of amides is 1. The molecule has 27 heavy (non-hydrogen) atoms. The molecule has 0 unspecified atom stereocenters. The lowest BCUT2D eigenvalue weighted by atomic mass is 9.97. The Morgan fingerprint density at radius 3 is 2.04 bits per heavy atom. The number of alkyl halides is 2. The zero-order valence-electron chi connectivity index (χ0n) is 14.2. The van der Waals surface area contributed by atoms with Gasteiger partial charge in [-0.15, -0.1) is 0 Å². The Morgan fingerprint density at radius 2 is 1.52 bits per heavy atom. The first-order chi connectivity index (χ1) is 12.8. The smallest absolute Gasteiger partial charge is 0.407 e. The molecule has 0 aliphatic rings. The third kappa shape index (κ3) is 5.75. The lowest BCUT2D eigenvalue weighted by molar-refractivity contribution is -0.185. The van der Waals surface area contributed by atoms with E-state index in [1.165, 1.54) is 0 Å². The van der Waals surface area contributed by atoms with Gasteiger partial charge in [-0.05, 0) is 17.5 Å². The van der Waals surface area contributed by atoms with Crippen molar-refractivity contribution < 1.29 is 33.3 Å². The third-order valence-electron chi connectivity index (χ3n) is 3.85. The lowest BCUT2D eigenvalue weighted by Crippen LogP contribution is -2.55. The molecule has 0 radical (unpaired) electrons. The molecule has 0 aliphatic carbocycles. The first-order valence-corrected chi connectivity index (χ1v) is 8.11. The third-order valence-corrected chi connectivity index (χ3v) is 3.85. The van der Waals surface area contributed by atoms with Gasteiger partial charge in [0, 0.05) is 0 Å². The Hall–Kier alpha value is -3.00. The van der Waals surface area contributed by atoms with Crippen LogP contribution in [0.1, 0.15) is 11.1 Å². The van der Waals surface area contributed by atoms with Gasteiger partial charge in [-0.2, -0.15) is 8.78 Å². The van der Waals surface area contributed by atoms with Crippen LogP contribution in [0.2, 0.25) is 0 Å². The number of nitrogens with one attached hydrogen (secondary N) is 1. The molecular formula is C19H19F2NO5. The van der Waals surface area contributed by atoms with Gasteiger partial charge in [0.1, 0.15) is 12.7 Å². The van der Waals surface area contributed by atoms with E-state index in [4.69, 9.17) is 9.84 Å². The molecule has 6 nitrogen and oxygen atoms in total. The van der Waals surface area contributed by atoms with Gasteiger partial charge in [-0.25, -0.2) is 9.59 Å². The summed E-state index contributed by atoms with van der Waals surface area (Å²) < 4.78 is 32.5. The highest BCUT2D eigenvalue weighted by Crippen LogP contribution is 2.23. The summed E-state index contributed by atoms with van der Waals surface area (Å²) in [5.41, 5.74) is 1.22. The van der Waals surface area contributed by atoms with Crippen LogP contribution in [0, 0.1) is 0 Å². The predicted molar refractivity (Wildman–Crippen MR) is 92.3 cm³/mol. The number of hydrogen-bond donors (Lipinski definition) is 3. The molecule has 0 saturated carbocycles. The largest absolute Gasteiger partial charge is 0.477 e. The van der Waals surface area contributed by atoms with Crippen LogP contribution in [0.3, 0.4) is 0 Å². The summed E-state index contributed by atoms with van der Waals surface area (Å²) in [6.07, 6.45) is -3.88. The molecule has 0 heterocycles. The second kappa shape index (κ2) is 9.09. The Kier molecular flexibility index (Phi) is 6.84. The summed E-state index contributed by atoms with van der Waals surface area (Å²) in [7, 11) is 0. The van der Waals surface area contributed by atoms with E-state index in [0.29, 0.717) is 11.1 Å². The Bertz CT molecular complexity index is 755. The SMILES string of the molecule is O=C(N[C@H](Cc1ccccc1)[C@@H](O)C(F)(F)C(=O)O)OCc1ccccc1. The number of carboxylic acids is 1. The molecule has 3 N–H and O–H groups in total. The maximum Gasteiger partial charge on any atom is 0.407 e. The van der Waals surface area contributed by atoms with Crippen molar-refractivity contribution in [1.82, 2.24) is 5.32 Å². The molecule has 0 aromatic heterocycles. The Balaban J connectivity index is 2.08. The van der Waals surface area contributed by atoms with Gasteiger partial charge >= 0.3 is 18.0 Å². The monoisotopic (exact) mass is 379 g/mol. The topological polar surface area (TPSA) is 95.9 Å². The van der Waals surface area contributed by atoms with Gasteiger partial charge in [-0.1, -0.05) is 60.7 Å². The maximum absolute atomic E-state index is 13.8. The first-order valence-electron chi connectivity index (χ1n) is 8.11. The Morgan fingerprint density at radius 1 is 1.00 bits per heavy atom. The molecular weight excluding hydrogens is 360 g/mol. The fraction of sp³-hybridized carbons (Fsp3) is 0.263. The number of carbonyl (C=O) groups is 2. The molecule has 144 valence electrons. The molecule has 0 spiro atoms. The van der Waals surface area contributed by atoms with Crippen LogP contribution >= 0.6 is 0 Å². The zero-order chi connectivity index (χ0) is 19.9. The van der Waals surface area contributed by atoms with Gasteiger partial charge < -0.3 is 20.3 Å². The number of aliphatic hydroxyl groups is 1. The summed E-state index contributed by atoms with van der Waals surface area (Å²) in [6.45, 7) is -0.101. The van der Waals surface area contributed by atoms with E-state index in [0.717, 1.165) is 0 Å². The van der Waals surface area contributed by atoms with Gasteiger partial charge in [0.25, 0.3) is 0 Å². The highest BCUT2D eigenvalue weighted by molar-refractivity contribution is 5.76. The molecule has 0 aliphatic heterocycles. The van der Waals surface area contributed by atoms with Crippen LogP contribution in [0.15, 0.2) is 60.7 Å². The van der Waals surface area contributed by atoms with Crippen molar-refractivity contribution in [3.8, 4) is 0 Å². The van der Waals surface area contributed by atoms with Crippen molar-refractivity contribution in [3.05, 3.63) is 71.8 Å². The van der Waals surface area contributed by atoms with E-state index in [9.17, 15) is 23.5 Å². The minimum absolute atomic E-state index is 0.101. The van der Waals surface area contributed by atoms with Crippen LogP contribution in [0.4, 0.5) is 13.6 Å². The molecule has 2 aromatic rings. The normalized spacial score (nSPS) is 13.4. The molecule has 8 heteroatoms. The molecule has 0 bridgehead atoms. The van der Waals surface area contributed by atoms with E-state index in [1.54, 1.807) is 60.7 Å². The Labute approximate surface area is 154 Å². The van der Waals surface area contributed by atoms with Gasteiger partial charge in [0.2, 0.25) is 0 Å². The van der Waals surface area contributed by atoms with Crippen molar-refractivity contribution >= 4 is 12.1 Å².